The first kappa shape index (κ1) is 13.6. The van der Waals surface area contributed by atoms with Crippen molar-refractivity contribution in [2.45, 2.75) is 44.4 Å². The number of carbonyl (C=O) groups is 1. The van der Waals surface area contributed by atoms with Gasteiger partial charge in [0.05, 0.1) is 12.0 Å². The van der Waals surface area contributed by atoms with Crippen LogP contribution in [0.15, 0.2) is 24.3 Å². The van der Waals surface area contributed by atoms with Crippen molar-refractivity contribution in [1.29, 1.82) is 0 Å². The van der Waals surface area contributed by atoms with E-state index in [-0.39, 0.29) is 24.0 Å². The first-order chi connectivity index (χ1) is 9.74. The zero-order valence-electron chi connectivity index (χ0n) is 11.9. The normalized spacial score (nSPS) is 29.6. The lowest BCUT2D eigenvalue weighted by molar-refractivity contribution is -0.124. The van der Waals surface area contributed by atoms with Gasteiger partial charge in [-0.15, -0.1) is 0 Å². The second-order valence-electron chi connectivity index (χ2n) is 5.79. The molecule has 1 aromatic rings. The van der Waals surface area contributed by atoms with Crippen molar-refractivity contribution in [3.63, 3.8) is 0 Å². The number of fused-ring (bicyclic) bond motifs is 1. The number of hydrogen-bond donors (Lipinski definition) is 2. The fourth-order valence-corrected chi connectivity index (χ4v) is 3.16. The summed E-state index contributed by atoms with van der Waals surface area (Å²) in [4.78, 5) is 12.5. The van der Waals surface area contributed by atoms with Gasteiger partial charge in [-0.25, -0.2) is 0 Å². The lowest BCUT2D eigenvalue weighted by Crippen LogP contribution is -2.46. The van der Waals surface area contributed by atoms with E-state index in [4.69, 9.17) is 4.74 Å². The molecule has 2 N–H and O–H groups in total. The molecule has 108 valence electrons. The molecule has 2 aliphatic heterocycles. The van der Waals surface area contributed by atoms with E-state index in [0.717, 1.165) is 32.5 Å². The molecule has 0 bridgehead atoms. The molecule has 1 amide bonds. The smallest absolute Gasteiger partial charge is 0.229 e. The number of nitrogens with one attached hydrogen (secondary N) is 2. The molecular weight excluding hydrogens is 252 g/mol. The Morgan fingerprint density at radius 1 is 1.40 bits per heavy atom. The summed E-state index contributed by atoms with van der Waals surface area (Å²) in [6, 6.07) is 8.47. The Bertz CT molecular complexity index is 489. The third kappa shape index (κ3) is 2.86. The van der Waals surface area contributed by atoms with Crippen molar-refractivity contribution in [2.75, 3.05) is 13.2 Å². The third-order valence-electron chi connectivity index (χ3n) is 4.24. The van der Waals surface area contributed by atoms with Crippen LogP contribution >= 0.6 is 0 Å². The fraction of sp³-hybridized carbons (Fsp3) is 0.562. The zero-order valence-corrected chi connectivity index (χ0v) is 11.9. The van der Waals surface area contributed by atoms with Crippen LogP contribution < -0.4 is 10.6 Å². The minimum absolute atomic E-state index is 0.0712. The maximum Gasteiger partial charge on any atom is 0.229 e. The van der Waals surface area contributed by atoms with E-state index in [2.05, 4.69) is 29.7 Å². The molecule has 3 unspecified atom stereocenters. The van der Waals surface area contributed by atoms with Crippen LogP contribution in [0.3, 0.4) is 0 Å². The highest BCUT2D eigenvalue weighted by Crippen LogP contribution is 2.24. The third-order valence-corrected chi connectivity index (χ3v) is 4.24. The standard InChI is InChI=1S/C16H22N2O2/c1-11-8-13(6-7-20-11)18-16(19)15-10-17-9-12-4-2-3-5-14(12)15/h2-5,11,13,15,17H,6-10H2,1H3,(H,18,19). The van der Waals surface area contributed by atoms with E-state index >= 15 is 0 Å². The Balaban J connectivity index is 1.69. The SMILES string of the molecule is CC1CC(NC(=O)C2CNCc3ccccc32)CCO1. The van der Waals surface area contributed by atoms with Gasteiger partial charge in [-0.1, -0.05) is 24.3 Å². The average molecular weight is 274 g/mol. The van der Waals surface area contributed by atoms with Crippen molar-refractivity contribution < 1.29 is 9.53 Å². The van der Waals surface area contributed by atoms with Crippen LogP contribution in [0.2, 0.25) is 0 Å². The number of rotatable bonds is 2. The molecule has 20 heavy (non-hydrogen) atoms. The minimum atomic E-state index is -0.0712. The molecule has 4 heteroatoms. The summed E-state index contributed by atoms with van der Waals surface area (Å²) in [6.07, 6.45) is 2.07. The fourth-order valence-electron chi connectivity index (χ4n) is 3.16. The van der Waals surface area contributed by atoms with E-state index in [0.29, 0.717) is 0 Å². The highest BCUT2D eigenvalue weighted by atomic mass is 16.5. The molecule has 0 radical (unpaired) electrons. The van der Waals surface area contributed by atoms with E-state index in [1.165, 1.54) is 11.1 Å². The van der Waals surface area contributed by atoms with Crippen LogP contribution in [-0.4, -0.2) is 31.2 Å². The largest absolute Gasteiger partial charge is 0.378 e. The first-order valence-electron chi connectivity index (χ1n) is 7.44. The molecule has 2 aliphatic rings. The van der Waals surface area contributed by atoms with E-state index in [1.54, 1.807) is 0 Å². The van der Waals surface area contributed by atoms with Crippen LogP contribution in [0.4, 0.5) is 0 Å². The number of ether oxygens (including phenoxy) is 1. The predicted molar refractivity (Wildman–Crippen MR) is 77.5 cm³/mol. The van der Waals surface area contributed by atoms with Gasteiger partial charge < -0.3 is 15.4 Å². The maximum absolute atomic E-state index is 12.5. The van der Waals surface area contributed by atoms with Gasteiger partial charge in [-0.2, -0.15) is 0 Å². The van der Waals surface area contributed by atoms with Gasteiger partial charge in [-0.3, -0.25) is 4.79 Å². The summed E-state index contributed by atoms with van der Waals surface area (Å²) in [5, 5.41) is 6.53. The predicted octanol–water partition coefficient (Wildman–Crippen LogP) is 1.56. The molecule has 0 spiro atoms. The molecule has 0 aliphatic carbocycles. The highest BCUT2D eigenvalue weighted by Gasteiger charge is 2.29. The first-order valence-corrected chi connectivity index (χ1v) is 7.44. The molecule has 1 aromatic carbocycles. The Hall–Kier alpha value is -1.39. The lowest BCUT2D eigenvalue weighted by Gasteiger charge is -2.31. The molecule has 1 saturated heterocycles. The maximum atomic E-state index is 12.5. The Labute approximate surface area is 119 Å². The van der Waals surface area contributed by atoms with Gasteiger partial charge in [0.15, 0.2) is 0 Å². The molecule has 0 saturated carbocycles. The van der Waals surface area contributed by atoms with Crippen LogP contribution in [-0.2, 0) is 16.1 Å². The van der Waals surface area contributed by atoms with Crippen LogP contribution in [0.25, 0.3) is 0 Å². The lowest BCUT2D eigenvalue weighted by atomic mass is 9.89. The summed E-state index contributed by atoms with van der Waals surface area (Å²) in [6.45, 7) is 4.39. The Kier molecular flexibility index (Phi) is 4.03. The van der Waals surface area contributed by atoms with E-state index in [9.17, 15) is 4.79 Å². The van der Waals surface area contributed by atoms with Gasteiger partial charge >= 0.3 is 0 Å². The van der Waals surface area contributed by atoms with E-state index < -0.39 is 0 Å². The highest BCUT2D eigenvalue weighted by molar-refractivity contribution is 5.85. The minimum Gasteiger partial charge on any atom is -0.378 e. The van der Waals surface area contributed by atoms with E-state index in [1.807, 2.05) is 12.1 Å². The van der Waals surface area contributed by atoms with Gasteiger partial charge in [0, 0.05) is 25.7 Å². The topological polar surface area (TPSA) is 50.4 Å². The van der Waals surface area contributed by atoms with Crippen molar-refractivity contribution >= 4 is 5.91 Å². The summed E-state index contributed by atoms with van der Waals surface area (Å²) in [7, 11) is 0. The van der Waals surface area contributed by atoms with Crippen molar-refractivity contribution in [2.24, 2.45) is 0 Å². The zero-order chi connectivity index (χ0) is 13.9. The summed E-state index contributed by atoms with van der Waals surface area (Å²) in [5.41, 5.74) is 2.41. The molecule has 3 rings (SSSR count). The molecule has 4 nitrogen and oxygen atoms in total. The number of hydrogen-bond acceptors (Lipinski definition) is 3. The molecule has 2 heterocycles. The Morgan fingerprint density at radius 3 is 3.10 bits per heavy atom. The summed E-state index contributed by atoms with van der Waals surface area (Å²) >= 11 is 0. The average Bonchev–Trinajstić information content (AvgIpc) is 2.46. The second kappa shape index (κ2) is 5.94. The van der Waals surface area contributed by atoms with Crippen molar-refractivity contribution in [3.8, 4) is 0 Å². The van der Waals surface area contributed by atoms with Crippen molar-refractivity contribution in [1.82, 2.24) is 10.6 Å². The van der Waals surface area contributed by atoms with Crippen LogP contribution in [0, 0.1) is 0 Å². The van der Waals surface area contributed by atoms with Gasteiger partial charge in [0.2, 0.25) is 5.91 Å². The van der Waals surface area contributed by atoms with Crippen LogP contribution in [0.5, 0.6) is 0 Å². The summed E-state index contributed by atoms with van der Waals surface area (Å²) < 4.78 is 5.53. The molecule has 3 atom stereocenters. The number of carbonyl (C=O) groups excluding carboxylic acids is 1. The number of benzene rings is 1. The Morgan fingerprint density at radius 2 is 2.25 bits per heavy atom. The van der Waals surface area contributed by atoms with Gasteiger partial charge in [0.25, 0.3) is 0 Å². The monoisotopic (exact) mass is 274 g/mol. The molecular formula is C16H22N2O2. The summed E-state index contributed by atoms with van der Waals surface area (Å²) in [5.74, 6) is 0.0712. The number of amides is 1. The van der Waals surface area contributed by atoms with Gasteiger partial charge in [-0.05, 0) is 30.9 Å². The quantitative estimate of drug-likeness (QED) is 0.860. The second-order valence-corrected chi connectivity index (χ2v) is 5.79. The molecule has 1 fully saturated rings. The van der Waals surface area contributed by atoms with Crippen LogP contribution in [0.1, 0.15) is 36.8 Å². The van der Waals surface area contributed by atoms with Gasteiger partial charge in [0.1, 0.15) is 0 Å². The van der Waals surface area contributed by atoms with Crippen molar-refractivity contribution in [3.05, 3.63) is 35.4 Å². The molecule has 0 aromatic heterocycles.